The topological polar surface area (TPSA) is 0 Å². The summed E-state index contributed by atoms with van der Waals surface area (Å²) in [6, 6.07) is 8.99. The number of hydrogen-bond donors (Lipinski definition) is 0. The zero-order chi connectivity index (χ0) is 9.68. The number of benzene rings is 1. The lowest BCUT2D eigenvalue weighted by molar-refractivity contribution is 0.420. The second-order valence-electron chi connectivity index (χ2n) is 3.54. The van der Waals surface area contributed by atoms with Crippen LogP contribution in [0.1, 0.15) is 50.2 Å². The van der Waals surface area contributed by atoms with Crippen molar-refractivity contribution in [2.45, 2.75) is 46.0 Å². The fourth-order valence-electron chi connectivity index (χ4n) is 1.58. The zero-order valence-electron chi connectivity index (χ0n) is 9.01. The highest BCUT2D eigenvalue weighted by molar-refractivity contribution is 5.25. The molecule has 0 nitrogen and oxygen atoms in total. The van der Waals surface area contributed by atoms with E-state index in [-0.39, 0.29) is 0 Å². The van der Waals surface area contributed by atoms with Crippen LogP contribution in [0.4, 0.5) is 0 Å². The van der Waals surface area contributed by atoms with Gasteiger partial charge in [-0.05, 0) is 31.2 Å². The first-order valence-electron chi connectivity index (χ1n) is 5.43. The van der Waals surface area contributed by atoms with Crippen LogP contribution in [0.15, 0.2) is 24.3 Å². The molecule has 0 N–H and O–H groups in total. The van der Waals surface area contributed by atoms with E-state index in [4.69, 9.17) is 0 Å². The molecular weight excluding hydrogens is 156 g/mol. The van der Waals surface area contributed by atoms with Gasteiger partial charge < -0.3 is 0 Å². The molecule has 1 aliphatic carbocycles. The van der Waals surface area contributed by atoms with Crippen LogP contribution >= 0.6 is 0 Å². The highest BCUT2D eigenvalue weighted by Gasteiger charge is 2.18. The molecular formula is C13H20. The van der Waals surface area contributed by atoms with Crippen molar-refractivity contribution in [2.75, 3.05) is 0 Å². The van der Waals surface area contributed by atoms with Gasteiger partial charge in [0.25, 0.3) is 0 Å². The predicted molar refractivity (Wildman–Crippen MR) is 59.1 cm³/mol. The minimum atomic E-state index is 0.885. The molecule has 0 aromatic heterocycles. The molecule has 0 bridgehead atoms. The minimum absolute atomic E-state index is 0.885. The van der Waals surface area contributed by atoms with E-state index in [1.54, 1.807) is 5.56 Å². The lowest BCUT2D eigenvalue weighted by Gasteiger charge is -2.25. The van der Waals surface area contributed by atoms with Crippen LogP contribution in [0, 0.1) is 6.92 Å². The summed E-state index contributed by atoms with van der Waals surface area (Å²) >= 11 is 0. The maximum atomic E-state index is 2.28. The molecule has 1 aromatic rings. The van der Waals surface area contributed by atoms with Gasteiger partial charge in [-0.2, -0.15) is 0 Å². The lowest BCUT2D eigenvalue weighted by atomic mass is 9.80. The van der Waals surface area contributed by atoms with Crippen LogP contribution in [-0.2, 0) is 0 Å². The van der Waals surface area contributed by atoms with E-state index < -0.39 is 0 Å². The molecule has 0 unspecified atom stereocenters. The van der Waals surface area contributed by atoms with E-state index in [1.807, 2.05) is 13.8 Å². The summed E-state index contributed by atoms with van der Waals surface area (Å²) in [5.41, 5.74) is 2.91. The first-order valence-corrected chi connectivity index (χ1v) is 5.43. The molecule has 0 amide bonds. The molecule has 13 heavy (non-hydrogen) atoms. The van der Waals surface area contributed by atoms with Gasteiger partial charge in [-0.25, -0.2) is 0 Å². The van der Waals surface area contributed by atoms with E-state index in [2.05, 4.69) is 31.2 Å². The molecule has 1 fully saturated rings. The fraction of sp³-hybridized carbons (Fsp3) is 0.538. The summed E-state index contributed by atoms with van der Waals surface area (Å²) < 4.78 is 0. The Morgan fingerprint density at radius 1 is 1.00 bits per heavy atom. The van der Waals surface area contributed by atoms with E-state index in [0.717, 1.165) is 5.92 Å². The van der Waals surface area contributed by atoms with Crippen molar-refractivity contribution in [1.82, 2.24) is 0 Å². The highest BCUT2D eigenvalue weighted by atomic mass is 14.2. The van der Waals surface area contributed by atoms with Gasteiger partial charge in [0.2, 0.25) is 0 Å². The zero-order valence-corrected chi connectivity index (χ0v) is 9.01. The maximum absolute atomic E-state index is 2.28. The van der Waals surface area contributed by atoms with Crippen molar-refractivity contribution < 1.29 is 0 Å². The van der Waals surface area contributed by atoms with Crippen molar-refractivity contribution in [3.05, 3.63) is 35.4 Å². The molecule has 0 heterocycles. The summed E-state index contributed by atoms with van der Waals surface area (Å²) in [6.45, 7) is 6.14. The maximum Gasteiger partial charge on any atom is -0.0162 e. The fourth-order valence-corrected chi connectivity index (χ4v) is 1.58. The number of aryl methyl sites for hydroxylation is 1. The Morgan fingerprint density at radius 3 is 1.92 bits per heavy atom. The van der Waals surface area contributed by atoms with Gasteiger partial charge in [0.05, 0.1) is 0 Å². The summed E-state index contributed by atoms with van der Waals surface area (Å²) in [5.74, 6) is 0.885. The highest BCUT2D eigenvalue weighted by Crippen LogP contribution is 2.36. The third kappa shape index (κ3) is 2.58. The third-order valence-corrected chi connectivity index (χ3v) is 2.65. The van der Waals surface area contributed by atoms with Crippen LogP contribution < -0.4 is 0 Å². The second-order valence-corrected chi connectivity index (χ2v) is 3.54. The molecule has 0 radical (unpaired) electrons. The summed E-state index contributed by atoms with van der Waals surface area (Å²) in [4.78, 5) is 0. The Morgan fingerprint density at radius 2 is 1.54 bits per heavy atom. The van der Waals surface area contributed by atoms with Crippen molar-refractivity contribution >= 4 is 0 Å². The summed E-state index contributed by atoms with van der Waals surface area (Å²) in [7, 11) is 0. The molecule has 2 rings (SSSR count). The molecule has 1 aliphatic rings. The molecule has 72 valence electrons. The quantitative estimate of drug-likeness (QED) is 0.599. The second kappa shape index (κ2) is 5.06. The Kier molecular flexibility index (Phi) is 4.01. The molecule has 0 atom stereocenters. The van der Waals surface area contributed by atoms with Gasteiger partial charge in [-0.1, -0.05) is 50.1 Å². The van der Waals surface area contributed by atoms with Crippen molar-refractivity contribution in [1.29, 1.82) is 0 Å². The van der Waals surface area contributed by atoms with Crippen LogP contribution in [-0.4, -0.2) is 0 Å². The van der Waals surface area contributed by atoms with E-state index >= 15 is 0 Å². The van der Waals surface area contributed by atoms with Crippen LogP contribution in [0.5, 0.6) is 0 Å². The standard InChI is InChI=1S/C11H14.C2H6/c1-9-5-7-11(8-6-9)10-3-2-4-10;1-2/h5-8,10H,2-4H2,1H3;1-2H3. The van der Waals surface area contributed by atoms with E-state index in [1.165, 1.54) is 24.8 Å². The molecule has 0 aliphatic heterocycles. The van der Waals surface area contributed by atoms with Gasteiger partial charge in [-0.15, -0.1) is 0 Å². The third-order valence-electron chi connectivity index (χ3n) is 2.65. The average Bonchev–Trinajstić information content (AvgIpc) is 2.09. The Hall–Kier alpha value is -0.780. The Bertz CT molecular complexity index is 229. The van der Waals surface area contributed by atoms with Gasteiger partial charge in [0.15, 0.2) is 0 Å². The van der Waals surface area contributed by atoms with Crippen molar-refractivity contribution in [3.8, 4) is 0 Å². The van der Waals surface area contributed by atoms with Crippen molar-refractivity contribution in [2.24, 2.45) is 0 Å². The monoisotopic (exact) mass is 176 g/mol. The summed E-state index contributed by atoms with van der Waals surface area (Å²) in [5, 5.41) is 0. The van der Waals surface area contributed by atoms with E-state index in [9.17, 15) is 0 Å². The lowest BCUT2D eigenvalue weighted by Crippen LogP contribution is -2.08. The first kappa shape index (κ1) is 10.3. The van der Waals surface area contributed by atoms with Gasteiger partial charge in [0.1, 0.15) is 0 Å². The van der Waals surface area contributed by atoms with Crippen molar-refractivity contribution in [3.63, 3.8) is 0 Å². The van der Waals surface area contributed by atoms with Crippen LogP contribution in [0.25, 0.3) is 0 Å². The summed E-state index contributed by atoms with van der Waals surface area (Å²) in [6.07, 6.45) is 4.24. The normalized spacial score (nSPS) is 15.6. The van der Waals surface area contributed by atoms with Crippen LogP contribution in [0.3, 0.4) is 0 Å². The van der Waals surface area contributed by atoms with Gasteiger partial charge >= 0.3 is 0 Å². The smallest absolute Gasteiger partial charge is 0.0162 e. The molecule has 0 saturated heterocycles. The average molecular weight is 176 g/mol. The molecule has 1 aromatic carbocycles. The molecule has 0 spiro atoms. The number of rotatable bonds is 1. The molecule has 0 heteroatoms. The number of hydrogen-bond acceptors (Lipinski definition) is 0. The van der Waals surface area contributed by atoms with Gasteiger partial charge in [-0.3, -0.25) is 0 Å². The SMILES string of the molecule is CC.Cc1ccc(C2CCC2)cc1. The Labute approximate surface area is 82.0 Å². The van der Waals surface area contributed by atoms with Gasteiger partial charge in [0, 0.05) is 0 Å². The Balaban J connectivity index is 0.000000396. The first-order chi connectivity index (χ1) is 6.36. The van der Waals surface area contributed by atoms with Crippen LogP contribution in [0.2, 0.25) is 0 Å². The largest absolute Gasteiger partial charge is 0.0683 e. The predicted octanol–water partition coefficient (Wildman–Crippen LogP) is 4.29. The molecule has 1 saturated carbocycles. The minimum Gasteiger partial charge on any atom is -0.0683 e. The van der Waals surface area contributed by atoms with E-state index in [0.29, 0.717) is 0 Å².